The van der Waals surface area contributed by atoms with Gasteiger partial charge in [-0.05, 0) is 71.5 Å². The third-order valence-corrected chi connectivity index (χ3v) is 3.84. The standard InChI is InChI=1S/C16H14ClIN2O3/c1-2-23-14-8-10(7-13(17)15(14)21)9-19-20-16(22)11-3-5-12(18)6-4-11/h3-9,21H,2H2,1H3,(H,20,22)/b19-9-. The van der Waals surface area contributed by atoms with E-state index in [0.29, 0.717) is 17.7 Å². The zero-order valence-corrected chi connectivity index (χ0v) is 15.1. The molecule has 0 aliphatic carbocycles. The molecule has 0 bridgehead atoms. The van der Waals surface area contributed by atoms with Crippen molar-refractivity contribution in [3.8, 4) is 11.5 Å². The van der Waals surface area contributed by atoms with E-state index in [1.54, 1.807) is 25.1 Å². The average molecular weight is 445 g/mol. The van der Waals surface area contributed by atoms with Gasteiger partial charge in [-0.15, -0.1) is 0 Å². The summed E-state index contributed by atoms with van der Waals surface area (Å²) < 4.78 is 6.33. The first-order valence-electron chi connectivity index (χ1n) is 6.75. The molecule has 0 aromatic heterocycles. The molecule has 2 aromatic carbocycles. The highest BCUT2D eigenvalue weighted by atomic mass is 127. The Hall–Kier alpha value is -1.80. The lowest BCUT2D eigenvalue weighted by molar-refractivity contribution is 0.0955. The van der Waals surface area contributed by atoms with E-state index in [9.17, 15) is 9.90 Å². The molecule has 0 heterocycles. The van der Waals surface area contributed by atoms with Gasteiger partial charge < -0.3 is 9.84 Å². The number of phenolic OH excluding ortho intramolecular Hbond substituents is 1. The molecule has 0 saturated heterocycles. The highest BCUT2D eigenvalue weighted by molar-refractivity contribution is 14.1. The van der Waals surface area contributed by atoms with E-state index < -0.39 is 0 Å². The van der Waals surface area contributed by atoms with Crippen molar-refractivity contribution in [2.45, 2.75) is 6.92 Å². The number of halogens is 2. The summed E-state index contributed by atoms with van der Waals surface area (Å²) in [4.78, 5) is 11.9. The number of rotatable bonds is 5. The van der Waals surface area contributed by atoms with Gasteiger partial charge in [-0.25, -0.2) is 5.43 Å². The summed E-state index contributed by atoms with van der Waals surface area (Å²) in [6.07, 6.45) is 1.43. The number of aromatic hydroxyl groups is 1. The number of phenols is 1. The molecule has 0 aliphatic heterocycles. The lowest BCUT2D eigenvalue weighted by Crippen LogP contribution is -2.17. The molecule has 0 aliphatic rings. The van der Waals surface area contributed by atoms with Gasteiger partial charge in [0.15, 0.2) is 11.5 Å². The van der Waals surface area contributed by atoms with Gasteiger partial charge in [0.1, 0.15) is 0 Å². The maximum Gasteiger partial charge on any atom is 0.271 e. The quantitative estimate of drug-likeness (QED) is 0.418. The average Bonchev–Trinajstić information content (AvgIpc) is 2.53. The van der Waals surface area contributed by atoms with Crippen LogP contribution in [0.25, 0.3) is 0 Å². The van der Waals surface area contributed by atoms with Gasteiger partial charge in [-0.3, -0.25) is 4.79 Å². The number of carbonyl (C=O) groups excluding carboxylic acids is 1. The van der Waals surface area contributed by atoms with Crippen LogP contribution in [0.5, 0.6) is 11.5 Å². The Balaban J connectivity index is 2.08. The normalized spacial score (nSPS) is 10.7. The van der Waals surface area contributed by atoms with E-state index in [-0.39, 0.29) is 22.4 Å². The number of hydrogen-bond donors (Lipinski definition) is 2. The van der Waals surface area contributed by atoms with E-state index in [1.165, 1.54) is 12.3 Å². The SMILES string of the molecule is CCOc1cc(/C=N\NC(=O)c2ccc(I)cc2)cc(Cl)c1O. The predicted octanol–water partition coefficient (Wildman–Crippen LogP) is 3.81. The van der Waals surface area contributed by atoms with Crippen LogP contribution in [0.15, 0.2) is 41.5 Å². The molecule has 2 rings (SSSR count). The van der Waals surface area contributed by atoms with Gasteiger partial charge in [-0.1, -0.05) is 11.6 Å². The van der Waals surface area contributed by atoms with Crippen LogP contribution in [0.2, 0.25) is 5.02 Å². The number of nitrogens with zero attached hydrogens (tertiary/aromatic N) is 1. The minimum absolute atomic E-state index is 0.117. The zero-order chi connectivity index (χ0) is 16.8. The molecule has 120 valence electrons. The van der Waals surface area contributed by atoms with Crippen LogP contribution in [-0.4, -0.2) is 23.8 Å². The van der Waals surface area contributed by atoms with Gasteiger partial charge in [0.25, 0.3) is 5.91 Å². The van der Waals surface area contributed by atoms with Gasteiger partial charge in [0.2, 0.25) is 0 Å². The van der Waals surface area contributed by atoms with Crippen LogP contribution >= 0.6 is 34.2 Å². The van der Waals surface area contributed by atoms with E-state index >= 15 is 0 Å². The summed E-state index contributed by atoms with van der Waals surface area (Å²) in [5.74, 6) is -0.161. The molecule has 0 saturated carbocycles. The largest absolute Gasteiger partial charge is 0.503 e. The van der Waals surface area contributed by atoms with Crippen molar-refractivity contribution in [3.05, 3.63) is 56.1 Å². The summed E-state index contributed by atoms with van der Waals surface area (Å²) in [5, 5.41) is 13.8. The summed E-state index contributed by atoms with van der Waals surface area (Å²) >= 11 is 8.09. The molecule has 0 fully saturated rings. The lowest BCUT2D eigenvalue weighted by Gasteiger charge is -2.08. The van der Waals surface area contributed by atoms with Gasteiger partial charge in [-0.2, -0.15) is 5.10 Å². The molecule has 0 atom stereocenters. The first-order chi connectivity index (χ1) is 11.0. The number of nitrogens with one attached hydrogen (secondary N) is 1. The topological polar surface area (TPSA) is 70.9 Å². The summed E-state index contributed by atoms with van der Waals surface area (Å²) in [5.41, 5.74) is 3.55. The number of carbonyl (C=O) groups is 1. The monoisotopic (exact) mass is 444 g/mol. The molecule has 0 radical (unpaired) electrons. The van der Waals surface area contributed by atoms with Crippen LogP contribution in [0.3, 0.4) is 0 Å². The molecular formula is C16H14ClIN2O3. The van der Waals surface area contributed by atoms with Crippen molar-refractivity contribution in [1.82, 2.24) is 5.43 Å². The molecule has 2 N–H and O–H groups in total. The minimum Gasteiger partial charge on any atom is -0.503 e. The first-order valence-corrected chi connectivity index (χ1v) is 8.21. The molecule has 0 spiro atoms. The van der Waals surface area contributed by atoms with E-state index in [1.807, 2.05) is 12.1 Å². The second-order valence-corrected chi connectivity index (χ2v) is 6.14. The molecule has 2 aromatic rings. The van der Waals surface area contributed by atoms with Crippen molar-refractivity contribution in [1.29, 1.82) is 0 Å². The fourth-order valence-corrected chi connectivity index (χ4v) is 2.34. The van der Waals surface area contributed by atoms with Crippen molar-refractivity contribution in [3.63, 3.8) is 0 Å². The zero-order valence-electron chi connectivity index (χ0n) is 12.2. The van der Waals surface area contributed by atoms with Gasteiger partial charge >= 0.3 is 0 Å². The predicted molar refractivity (Wildman–Crippen MR) is 98.5 cm³/mol. The molecule has 0 unspecified atom stereocenters. The van der Waals surface area contributed by atoms with Gasteiger partial charge in [0.05, 0.1) is 17.8 Å². The summed E-state index contributed by atoms with van der Waals surface area (Å²) in [6, 6.07) is 10.2. The van der Waals surface area contributed by atoms with Crippen molar-refractivity contribution in [2.75, 3.05) is 6.61 Å². The second kappa shape index (κ2) is 8.16. The van der Waals surface area contributed by atoms with Crippen LogP contribution in [0, 0.1) is 3.57 Å². The second-order valence-electron chi connectivity index (χ2n) is 4.49. The molecule has 7 heteroatoms. The minimum atomic E-state index is -0.312. The number of benzene rings is 2. The Bertz CT molecular complexity index is 733. The summed E-state index contributed by atoms with van der Waals surface area (Å²) in [6.45, 7) is 2.20. The highest BCUT2D eigenvalue weighted by Crippen LogP contribution is 2.34. The lowest BCUT2D eigenvalue weighted by atomic mass is 10.2. The third-order valence-electron chi connectivity index (χ3n) is 2.84. The maximum atomic E-state index is 11.9. The van der Waals surface area contributed by atoms with E-state index in [2.05, 4.69) is 33.1 Å². The summed E-state index contributed by atoms with van der Waals surface area (Å²) in [7, 11) is 0. The Morgan fingerprint density at radius 1 is 1.39 bits per heavy atom. The number of ether oxygens (including phenoxy) is 1. The molecule has 1 amide bonds. The van der Waals surface area contributed by atoms with Crippen molar-refractivity contribution < 1.29 is 14.6 Å². The van der Waals surface area contributed by atoms with Crippen molar-refractivity contribution >= 4 is 46.3 Å². The fraction of sp³-hybridized carbons (Fsp3) is 0.125. The fourth-order valence-electron chi connectivity index (χ4n) is 1.77. The smallest absolute Gasteiger partial charge is 0.271 e. The number of hydrazone groups is 1. The first kappa shape index (κ1) is 17.6. The van der Waals surface area contributed by atoms with E-state index in [4.69, 9.17) is 16.3 Å². The highest BCUT2D eigenvalue weighted by Gasteiger charge is 2.09. The van der Waals surface area contributed by atoms with Crippen LogP contribution in [0.1, 0.15) is 22.8 Å². The third kappa shape index (κ3) is 4.84. The number of amides is 1. The van der Waals surface area contributed by atoms with Crippen LogP contribution in [-0.2, 0) is 0 Å². The van der Waals surface area contributed by atoms with Crippen LogP contribution < -0.4 is 10.2 Å². The molecule has 5 nitrogen and oxygen atoms in total. The van der Waals surface area contributed by atoms with Crippen LogP contribution in [0.4, 0.5) is 0 Å². The Kier molecular flexibility index (Phi) is 6.23. The van der Waals surface area contributed by atoms with Crippen molar-refractivity contribution in [2.24, 2.45) is 5.10 Å². The Labute approximate surface area is 152 Å². The number of hydrogen-bond acceptors (Lipinski definition) is 4. The van der Waals surface area contributed by atoms with Gasteiger partial charge in [0, 0.05) is 9.13 Å². The molecule has 23 heavy (non-hydrogen) atoms. The maximum absolute atomic E-state index is 11.9. The molecular weight excluding hydrogens is 431 g/mol. The Morgan fingerprint density at radius 3 is 2.74 bits per heavy atom. The Morgan fingerprint density at radius 2 is 2.09 bits per heavy atom. The van der Waals surface area contributed by atoms with E-state index in [0.717, 1.165) is 3.57 Å².